The molecule has 3 aromatic carbocycles. The lowest BCUT2D eigenvalue weighted by molar-refractivity contribution is 0.666. The second-order valence-corrected chi connectivity index (χ2v) is 6.04. The van der Waals surface area contributed by atoms with Gasteiger partial charge in [-0.25, -0.2) is 0 Å². The molecule has 4 rings (SSSR count). The van der Waals surface area contributed by atoms with Crippen molar-refractivity contribution < 1.29 is 4.42 Å². The molecule has 1 heteroatoms. The highest BCUT2D eigenvalue weighted by molar-refractivity contribution is 6.10. The van der Waals surface area contributed by atoms with E-state index in [1.807, 2.05) is 6.07 Å². The molecule has 108 valence electrons. The summed E-state index contributed by atoms with van der Waals surface area (Å²) in [6, 6.07) is 19.3. The number of hydrogen-bond acceptors (Lipinski definition) is 1. The summed E-state index contributed by atoms with van der Waals surface area (Å²) in [4.78, 5) is 0. The van der Waals surface area contributed by atoms with Crippen molar-refractivity contribution in [3.63, 3.8) is 0 Å². The number of rotatable bonds is 1. The smallest absolute Gasteiger partial charge is 0.143 e. The van der Waals surface area contributed by atoms with Crippen LogP contribution in [0.1, 0.15) is 16.7 Å². The van der Waals surface area contributed by atoms with Gasteiger partial charge in [-0.05, 0) is 55.2 Å². The van der Waals surface area contributed by atoms with Gasteiger partial charge in [0.2, 0.25) is 0 Å². The van der Waals surface area contributed by atoms with E-state index in [9.17, 15) is 0 Å². The van der Waals surface area contributed by atoms with Crippen molar-refractivity contribution >= 4 is 21.9 Å². The lowest BCUT2D eigenvalue weighted by Crippen LogP contribution is -1.81. The number of aryl methyl sites for hydroxylation is 3. The Labute approximate surface area is 130 Å². The van der Waals surface area contributed by atoms with Crippen LogP contribution in [0.3, 0.4) is 0 Å². The van der Waals surface area contributed by atoms with E-state index >= 15 is 0 Å². The Bertz CT molecular complexity index is 991. The number of hydrogen-bond donors (Lipinski definition) is 0. The van der Waals surface area contributed by atoms with E-state index in [0.29, 0.717) is 0 Å². The molecule has 1 aromatic heterocycles. The molecule has 22 heavy (non-hydrogen) atoms. The van der Waals surface area contributed by atoms with Crippen LogP contribution in [0.2, 0.25) is 0 Å². The lowest BCUT2D eigenvalue weighted by atomic mass is 9.99. The second-order valence-electron chi connectivity index (χ2n) is 6.04. The molecule has 0 unspecified atom stereocenters. The van der Waals surface area contributed by atoms with Gasteiger partial charge >= 0.3 is 0 Å². The van der Waals surface area contributed by atoms with E-state index in [2.05, 4.69) is 69.3 Å². The Morgan fingerprint density at radius 3 is 2.27 bits per heavy atom. The van der Waals surface area contributed by atoms with Gasteiger partial charge in [-0.1, -0.05) is 42.5 Å². The first-order valence-electron chi connectivity index (χ1n) is 7.63. The Morgan fingerprint density at radius 1 is 0.727 bits per heavy atom. The highest BCUT2D eigenvalue weighted by Gasteiger charge is 2.15. The zero-order chi connectivity index (χ0) is 15.3. The van der Waals surface area contributed by atoms with E-state index in [1.54, 1.807) is 0 Å². The SMILES string of the molecule is Cc1cc(-c2ccccc2)c2oc3c(C)c(C)ccc3c2c1. The van der Waals surface area contributed by atoms with Crippen LogP contribution in [0.4, 0.5) is 0 Å². The van der Waals surface area contributed by atoms with Crippen molar-refractivity contribution in [2.45, 2.75) is 20.8 Å². The first-order chi connectivity index (χ1) is 10.6. The molecule has 0 atom stereocenters. The van der Waals surface area contributed by atoms with Crippen LogP contribution < -0.4 is 0 Å². The van der Waals surface area contributed by atoms with Crippen molar-refractivity contribution in [3.05, 3.63) is 71.3 Å². The Morgan fingerprint density at radius 2 is 1.50 bits per heavy atom. The maximum atomic E-state index is 6.30. The van der Waals surface area contributed by atoms with Crippen molar-refractivity contribution in [1.29, 1.82) is 0 Å². The third-order valence-corrected chi connectivity index (χ3v) is 4.49. The minimum absolute atomic E-state index is 0.987. The molecule has 0 spiro atoms. The summed E-state index contributed by atoms with van der Waals surface area (Å²) in [5, 5.41) is 2.41. The Balaban J connectivity index is 2.17. The Kier molecular flexibility index (Phi) is 2.83. The Hall–Kier alpha value is -2.54. The summed E-state index contributed by atoms with van der Waals surface area (Å²) in [5.74, 6) is 0. The van der Waals surface area contributed by atoms with Crippen LogP contribution in [0.25, 0.3) is 33.1 Å². The number of fused-ring (bicyclic) bond motifs is 3. The summed E-state index contributed by atoms with van der Waals surface area (Å²) in [6.07, 6.45) is 0. The fraction of sp³-hybridized carbons (Fsp3) is 0.143. The van der Waals surface area contributed by atoms with E-state index in [-0.39, 0.29) is 0 Å². The van der Waals surface area contributed by atoms with Crippen LogP contribution in [0.5, 0.6) is 0 Å². The van der Waals surface area contributed by atoms with Crippen LogP contribution in [-0.2, 0) is 0 Å². The summed E-state index contributed by atoms with van der Waals surface area (Å²) in [6.45, 7) is 6.41. The van der Waals surface area contributed by atoms with E-state index < -0.39 is 0 Å². The zero-order valence-corrected chi connectivity index (χ0v) is 13.1. The molecule has 1 nitrogen and oxygen atoms in total. The van der Waals surface area contributed by atoms with Crippen molar-refractivity contribution in [1.82, 2.24) is 0 Å². The molecule has 1 heterocycles. The van der Waals surface area contributed by atoms with Gasteiger partial charge in [0.1, 0.15) is 11.2 Å². The van der Waals surface area contributed by atoms with E-state index in [0.717, 1.165) is 11.2 Å². The first kappa shape index (κ1) is 13.1. The molecule has 0 aliphatic rings. The van der Waals surface area contributed by atoms with Gasteiger partial charge in [0, 0.05) is 16.3 Å². The lowest BCUT2D eigenvalue weighted by Gasteiger charge is -2.04. The fourth-order valence-electron chi connectivity index (χ4n) is 3.15. The minimum Gasteiger partial charge on any atom is -0.455 e. The fourth-order valence-corrected chi connectivity index (χ4v) is 3.15. The molecule has 0 aliphatic heterocycles. The van der Waals surface area contributed by atoms with Gasteiger partial charge < -0.3 is 4.42 Å². The third-order valence-electron chi connectivity index (χ3n) is 4.49. The average Bonchev–Trinajstić information content (AvgIpc) is 2.90. The summed E-state index contributed by atoms with van der Waals surface area (Å²) in [5.41, 5.74) is 8.12. The molecule has 0 fully saturated rings. The molecule has 0 amide bonds. The van der Waals surface area contributed by atoms with Gasteiger partial charge in [0.15, 0.2) is 0 Å². The van der Waals surface area contributed by atoms with Crippen LogP contribution in [0.15, 0.2) is 59.0 Å². The third kappa shape index (κ3) is 1.86. The largest absolute Gasteiger partial charge is 0.455 e. The van der Waals surface area contributed by atoms with Crippen molar-refractivity contribution in [2.75, 3.05) is 0 Å². The van der Waals surface area contributed by atoms with Crippen molar-refractivity contribution in [2.24, 2.45) is 0 Å². The topological polar surface area (TPSA) is 13.1 Å². The van der Waals surface area contributed by atoms with Gasteiger partial charge in [0.05, 0.1) is 0 Å². The molecule has 0 bridgehead atoms. The van der Waals surface area contributed by atoms with Crippen molar-refractivity contribution in [3.8, 4) is 11.1 Å². The summed E-state index contributed by atoms with van der Waals surface area (Å²) < 4.78 is 6.30. The van der Waals surface area contributed by atoms with E-state index in [4.69, 9.17) is 4.42 Å². The van der Waals surface area contributed by atoms with Gasteiger partial charge in [0.25, 0.3) is 0 Å². The predicted octanol–water partition coefficient (Wildman–Crippen LogP) is 6.18. The molecular weight excluding hydrogens is 268 g/mol. The normalized spacial score (nSPS) is 11.4. The summed E-state index contributed by atoms with van der Waals surface area (Å²) in [7, 11) is 0. The average molecular weight is 286 g/mol. The standard InChI is InChI=1S/C21H18O/c1-13-11-18(16-7-5-4-6-8-16)21-19(12-13)17-10-9-14(2)15(3)20(17)22-21/h4-12H,1-3H3. The van der Waals surface area contributed by atoms with Crippen LogP contribution in [-0.4, -0.2) is 0 Å². The molecule has 0 saturated carbocycles. The molecule has 0 radical (unpaired) electrons. The molecule has 0 saturated heterocycles. The van der Waals surface area contributed by atoms with Crippen LogP contribution in [0, 0.1) is 20.8 Å². The minimum atomic E-state index is 0.987. The maximum Gasteiger partial charge on any atom is 0.143 e. The predicted molar refractivity (Wildman–Crippen MR) is 93.4 cm³/mol. The monoisotopic (exact) mass is 286 g/mol. The quantitative estimate of drug-likeness (QED) is 0.407. The first-order valence-corrected chi connectivity index (χ1v) is 7.63. The van der Waals surface area contributed by atoms with Crippen LogP contribution >= 0.6 is 0 Å². The van der Waals surface area contributed by atoms with Gasteiger partial charge in [-0.15, -0.1) is 0 Å². The number of furan rings is 1. The maximum absolute atomic E-state index is 6.30. The number of benzene rings is 3. The molecular formula is C21H18O. The van der Waals surface area contributed by atoms with E-state index in [1.165, 1.54) is 38.6 Å². The van der Waals surface area contributed by atoms with Gasteiger partial charge in [-0.2, -0.15) is 0 Å². The highest BCUT2D eigenvalue weighted by atomic mass is 16.3. The molecule has 0 aliphatic carbocycles. The molecule has 0 N–H and O–H groups in total. The summed E-state index contributed by atoms with van der Waals surface area (Å²) >= 11 is 0. The van der Waals surface area contributed by atoms with Gasteiger partial charge in [-0.3, -0.25) is 0 Å². The zero-order valence-electron chi connectivity index (χ0n) is 13.1. The highest BCUT2D eigenvalue weighted by Crippen LogP contribution is 2.38. The molecule has 4 aromatic rings. The second kappa shape index (κ2) is 4.74.